The molecule has 0 saturated carbocycles. The zero-order valence-electron chi connectivity index (χ0n) is 11.4. The van der Waals surface area contributed by atoms with Crippen molar-refractivity contribution in [1.29, 1.82) is 0 Å². The lowest BCUT2D eigenvalue weighted by Crippen LogP contribution is -2.45. The minimum atomic E-state index is -0.331. The zero-order chi connectivity index (χ0) is 14.9. The van der Waals surface area contributed by atoms with E-state index in [2.05, 4.69) is 38.5 Å². The molecule has 0 aliphatic carbocycles. The minimum absolute atomic E-state index is 0.00222. The summed E-state index contributed by atoms with van der Waals surface area (Å²) in [6.07, 6.45) is 1.61. The van der Waals surface area contributed by atoms with E-state index >= 15 is 0 Å². The smallest absolute Gasteiger partial charge is 0.255 e. The molecule has 20 heavy (non-hydrogen) atoms. The fourth-order valence-electron chi connectivity index (χ4n) is 2.38. The molecular formula is C14H16BrIN2O2. The van der Waals surface area contributed by atoms with Crippen LogP contribution in [0.1, 0.15) is 23.2 Å². The summed E-state index contributed by atoms with van der Waals surface area (Å²) in [6, 6.07) is 5.33. The van der Waals surface area contributed by atoms with E-state index in [4.69, 9.17) is 0 Å². The Kier molecular flexibility index (Phi) is 5.06. The van der Waals surface area contributed by atoms with Gasteiger partial charge in [0.25, 0.3) is 5.91 Å². The molecule has 1 saturated heterocycles. The van der Waals surface area contributed by atoms with Crippen molar-refractivity contribution in [2.24, 2.45) is 0 Å². The van der Waals surface area contributed by atoms with Crippen LogP contribution in [-0.2, 0) is 4.79 Å². The number of amides is 2. The van der Waals surface area contributed by atoms with Crippen molar-refractivity contribution < 1.29 is 9.59 Å². The number of likely N-dealkylation sites (tertiary alicyclic amines) is 1. The van der Waals surface area contributed by atoms with E-state index < -0.39 is 0 Å². The van der Waals surface area contributed by atoms with Crippen LogP contribution < -0.4 is 0 Å². The van der Waals surface area contributed by atoms with Crippen LogP contribution >= 0.6 is 38.5 Å². The van der Waals surface area contributed by atoms with E-state index in [1.807, 2.05) is 18.2 Å². The minimum Gasteiger partial charge on any atom is -0.347 e. The molecular weight excluding hydrogens is 435 g/mol. The molecule has 1 aliphatic heterocycles. The van der Waals surface area contributed by atoms with Crippen LogP contribution in [0.3, 0.4) is 0 Å². The summed E-state index contributed by atoms with van der Waals surface area (Å²) < 4.78 is 1.77. The summed E-state index contributed by atoms with van der Waals surface area (Å²) in [5.74, 6) is -0.0781. The molecule has 2 rings (SSSR count). The predicted octanol–water partition coefficient (Wildman–Crippen LogP) is 2.75. The van der Waals surface area contributed by atoms with Crippen molar-refractivity contribution >= 4 is 50.3 Å². The normalized spacial score (nSPS) is 18.2. The summed E-state index contributed by atoms with van der Waals surface area (Å²) >= 11 is 5.60. The number of halogens is 2. The van der Waals surface area contributed by atoms with Crippen molar-refractivity contribution in [2.75, 3.05) is 20.6 Å². The van der Waals surface area contributed by atoms with Gasteiger partial charge in [-0.15, -0.1) is 0 Å². The molecule has 108 valence electrons. The maximum absolute atomic E-state index is 12.7. The molecule has 0 N–H and O–H groups in total. The Balaban J connectivity index is 2.28. The number of carbonyl (C=O) groups is 2. The van der Waals surface area contributed by atoms with E-state index in [0.29, 0.717) is 12.1 Å². The Morgan fingerprint density at radius 3 is 2.75 bits per heavy atom. The number of nitrogens with zero attached hydrogens (tertiary/aromatic N) is 2. The average molecular weight is 451 g/mol. The van der Waals surface area contributed by atoms with Crippen molar-refractivity contribution in [2.45, 2.75) is 18.9 Å². The molecule has 4 nitrogen and oxygen atoms in total. The first-order valence-corrected chi connectivity index (χ1v) is 8.26. The van der Waals surface area contributed by atoms with Crippen molar-refractivity contribution in [3.63, 3.8) is 0 Å². The third kappa shape index (κ3) is 3.16. The number of benzene rings is 1. The molecule has 1 fully saturated rings. The first kappa shape index (κ1) is 15.8. The Bertz CT molecular complexity index is 548. The molecule has 0 aromatic heterocycles. The highest BCUT2D eigenvalue weighted by molar-refractivity contribution is 14.1. The van der Waals surface area contributed by atoms with Gasteiger partial charge in [0.15, 0.2) is 0 Å². The number of hydrogen-bond acceptors (Lipinski definition) is 2. The van der Waals surface area contributed by atoms with Crippen LogP contribution in [0.2, 0.25) is 0 Å². The van der Waals surface area contributed by atoms with Crippen LogP contribution in [0, 0.1) is 3.57 Å². The summed E-state index contributed by atoms with van der Waals surface area (Å²) in [7, 11) is 3.45. The molecule has 6 heteroatoms. The highest BCUT2D eigenvalue weighted by atomic mass is 127. The number of hydrogen-bond donors (Lipinski definition) is 0. The molecule has 1 aromatic carbocycles. The van der Waals surface area contributed by atoms with E-state index in [1.54, 1.807) is 23.9 Å². The van der Waals surface area contributed by atoms with Gasteiger partial charge < -0.3 is 9.80 Å². The van der Waals surface area contributed by atoms with Gasteiger partial charge in [0, 0.05) is 28.7 Å². The van der Waals surface area contributed by atoms with Crippen LogP contribution in [0.4, 0.5) is 0 Å². The second-order valence-electron chi connectivity index (χ2n) is 5.01. The number of carbonyl (C=O) groups excluding carboxylic acids is 2. The predicted molar refractivity (Wildman–Crippen MR) is 89.6 cm³/mol. The average Bonchev–Trinajstić information content (AvgIpc) is 2.88. The fourth-order valence-corrected chi connectivity index (χ4v) is 3.29. The van der Waals surface area contributed by atoms with Crippen LogP contribution in [0.25, 0.3) is 0 Å². The third-order valence-corrected chi connectivity index (χ3v) is 4.76. The molecule has 0 radical (unpaired) electrons. The number of likely N-dealkylation sites (N-methyl/N-ethyl adjacent to an activating group) is 1. The first-order valence-electron chi connectivity index (χ1n) is 6.39. The topological polar surface area (TPSA) is 40.6 Å². The number of rotatable bonds is 2. The highest BCUT2D eigenvalue weighted by Gasteiger charge is 2.35. The molecule has 0 spiro atoms. The molecule has 1 aromatic rings. The van der Waals surface area contributed by atoms with Crippen LogP contribution in [0.5, 0.6) is 0 Å². The highest BCUT2D eigenvalue weighted by Crippen LogP contribution is 2.26. The maximum Gasteiger partial charge on any atom is 0.255 e. The Morgan fingerprint density at radius 2 is 2.10 bits per heavy atom. The molecule has 1 heterocycles. The van der Waals surface area contributed by atoms with Gasteiger partial charge in [-0.25, -0.2) is 0 Å². The third-order valence-electron chi connectivity index (χ3n) is 3.40. The second-order valence-corrected chi connectivity index (χ2v) is 7.11. The van der Waals surface area contributed by atoms with Gasteiger partial charge in [-0.3, -0.25) is 9.59 Å². The SMILES string of the molecule is CN(C)C(=O)C1CCCN1C(=O)c1cc(I)ccc1Br. The monoisotopic (exact) mass is 450 g/mol. The van der Waals surface area contributed by atoms with Gasteiger partial charge in [-0.05, 0) is 69.6 Å². The summed E-state index contributed by atoms with van der Waals surface area (Å²) in [5, 5.41) is 0. The van der Waals surface area contributed by atoms with Gasteiger partial charge in [-0.2, -0.15) is 0 Å². The van der Waals surface area contributed by atoms with E-state index in [1.165, 1.54) is 0 Å². The van der Waals surface area contributed by atoms with Crippen molar-refractivity contribution in [1.82, 2.24) is 9.80 Å². The quantitative estimate of drug-likeness (QED) is 0.650. The summed E-state index contributed by atoms with van der Waals surface area (Å²) in [5.41, 5.74) is 0.621. The van der Waals surface area contributed by atoms with E-state index in [0.717, 1.165) is 20.9 Å². The van der Waals surface area contributed by atoms with Crippen molar-refractivity contribution in [3.05, 3.63) is 31.8 Å². The summed E-state index contributed by atoms with van der Waals surface area (Å²) in [6.45, 7) is 0.640. The molecule has 0 bridgehead atoms. The Hall–Kier alpha value is -0.630. The van der Waals surface area contributed by atoms with E-state index in [9.17, 15) is 9.59 Å². The van der Waals surface area contributed by atoms with Gasteiger partial charge in [0.05, 0.1) is 5.56 Å². The molecule has 1 atom stereocenters. The lowest BCUT2D eigenvalue weighted by Gasteiger charge is -2.26. The Labute approximate surface area is 140 Å². The lowest BCUT2D eigenvalue weighted by atomic mass is 10.1. The zero-order valence-corrected chi connectivity index (χ0v) is 15.1. The first-order chi connectivity index (χ1) is 9.41. The maximum atomic E-state index is 12.7. The van der Waals surface area contributed by atoms with E-state index in [-0.39, 0.29) is 17.9 Å². The fraction of sp³-hybridized carbons (Fsp3) is 0.429. The Morgan fingerprint density at radius 1 is 1.40 bits per heavy atom. The van der Waals surface area contributed by atoms with Gasteiger partial charge in [0.2, 0.25) is 5.91 Å². The standard InChI is InChI=1S/C14H16BrIN2O2/c1-17(2)14(20)12-4-3-7-18(12)13(19)10-8-9(16)5-6-11(10)15/h5-6,8,12H,3-4,7H2,1-2H3. The van der Waals surface area contributed by atoms with Crippen LogP contribution in [-0.4, -0.2) is 48.3 Å². The second kappa shape index (κ2) is 6.43. The lowest BCUT2D eigenvalue weighted by molar-refractivity contribution is -0.132. The largest absolute Gasteiger partial charge is 0.347 e. The van der Waals surface area contributed by atoms with Gasteiger partial charge in [0.1, 0.15) is 6.04 Å². The molecule has 1 aliphatic rings. The molecule has 1 unspecified atom stereocenters. The van der Waals surface area contributed by atoms with Gasteiger partial charge in [-0.1, -0.05) is 0 Å². The van der Waals surface area contributed by atoms with Crippen LogP contribution in [0.15, 0.2) is 22.7 Å². The van der Waals surface area contributed by atoms with Gasteiger partial charge >= 0.3 is 0 Å². The van der Waals surface area contributed by atoms with Crippen molar-refractivity contribution in [3.8, 4) is 0 Å². The molecule has 2 amide bonds. The summed E-state index contributed by atoms with van der Waals surface area (Å²) in [4.78, 5) is 28.1.